The Labute approximate surface area is 180 Å². The number of anilines is 2. The molecule has 0 aliphatic rings. The molecule has 0 unspecified atom stereocenters. The number of nitrogens with one attached hydrogen (secondary N) is 3. The fraction of sp³-hybridized carbons (Fsp3) is 0.190. The summed E-state index contributed by atoms with van der Waals surface area (Å²) in [5.41, 5.74) is 2.57. The van der Waals surface area contributed by atoms with Crippen molar-refractivity contribution in [3.8, 4) is 0 Å². The van der Waals surface area contributed by atoms with E-state index in [1.54, 1.807) is 6.20 Å². The Morgan fingerprint density at radius 1 is 1.06 bits per heavy atom. The van der Waals surface area contributed by atoms with E-state index in [0.29, 0.717) is 12.2 Å². The maximum absolute atomic E-state index is 12.8. The van der Waals surface area contributed by atoms with Gasteiger partial charge in [-0.3, -0.25) is 19.0 Å². The maximum atomic E-state index is 12.8. The number of benzene rings is 2. The Kier molecular flexibility index (Phi) is 6.71. The molecule has 0 fully saturated rings. The lowest BCUT2D eigenvalue weighted by Gasteiger charge is -2.13. The van der Waals surface area contributed by atoms with E-state index in [9.17, 15) is 18.0 Å². The smallest absolute Gasteiger partial charge is 0.253 e. The molecule has 0 saturated carbocycles. The van der Waals surface area contributed by atoms with E-state index in [2.05, 4.69) is 20.5 Å². The van der Waals surface area contributed by atoms with Crippen molar-refractivity contribution in [3.63, 3.8) is 0 Å². The predicted octanol–water partition coefficient (Wildman–Crippen LogP) is 2.19. The molecule has 3 N–H and O–H groups in total. The third-order valence-corrected chi connectivity index (χ3v) is 4.85. The molecule has 1 aromatic heterocycles. The fourth-order valence-electron chi connectivity index (χ4n) is 2.92. The number of aromatic nitrogens is 2. The molecule has 162 valence electrons. The first kappa shape index (κ1) is 22.0. The Hall–Kier alpha value is -3.66. The topological polar surface area (TPSA) is 122 Å². The molecule has 3 aromatic rings. The summed E-state index contributed by atoms with van der Waals surface area (Å²) in [7, 11) is -3.59. The van der Waals surface area contributed by atoms with E-state index in [1.807, 2.05) is 41.2 Å². The van der Waals surface area contributed by atoms with Crippen LogP contribution in [-0.2, 0) is 27.9 Å². The van der Waals surface area contributed by atoms with Crippen LogP contribution in [0.3, 0.4) is 0 Å². The number of sulfonamides is 1. The summed E-state index contributed by atoms with van der Waals surface area (Å²) >= 11 is 0. The van der Waals surface area contributed by atoms with Gasteiger partial charge >= 0.3 is 0 Å². The van der Waals surface area contributed by atoms with E-state index in [4.69, 9.17) is 0 Å². The van der Waals surface area contributed by atoms with Crippen molar-refractivity contribution in [2.45, 2.75) is 20.0 Å². The van der Waals surface area contributed by atoms with Gasteiger partial charge in [0.1, 0.15) is 0 Å². The Morgan fingerprint density at radius 3 is 2.39 bits per heavy atom. The lowest BCUT2D eigenvalue weighted by atomic mass is 10.1. The van der Waals surface area contributed by atoms with E-state index >= 15 is 0 Å². The summed E-state index contributed by atoms with van der Waals surface area (Å²) in [6.45, 7) is 2.25. The third-order valence-electron chi connectivity index (χ3n) is 4.26. The van der Waals surface area contributed by atoms with Gasteiger partial charge in [0.05, 0.1) is 24.1 Å². The average molecular weight is 442 g/mol. The molecule has 0 aliphatic carbocycles. The summed E-state index contributed by atoms with van der Waals surface area (Å²) in [6, 6.07) is 14.0. The summed E-state index contributed by atoms with van der Waals surface area (Å²) < 4.78 is 27.4. The van der Waals surface area contributed by atoms with Crippen molar-refractivity contribution in [1.82, 2.24) is 15.1 Å². The van der Waals surface area contributed by atoms with Crippen LogP contribution in [0, 0.1) is 0 Å². The Morgan fingerprint density at radius 2 is 1.77 bits per heavy atom. The molecular weight excluding hydrogens is 418 g/mol. The highest BCUT2D eigenvalue weighted by Gasteiger charge is 2.15. The maximum Gasteiger partial charge on any atom is 0.253 e. The van der Waals surface area contributed by atoms with Crippen LogP contribution in [0.4, 0.5) is 11.4 Å². The fourth-order valence-corrected chi connectivity index (χ4v) is 3.50. The van der Waals surface area contributed by atoms with Crippen molar-refractivity contribution in [1.29, 1.82) is 0 Å². The normalized spacial score (nSPS) is 11.0. The number of hydrogen-bond acceptors (Lipinski definition) is 5. The van der Waals surface area contributed by atoms with Gasteiger partial charge in [-0.25, -0.2) is 8.42 Å². The van der Waals surface area contributed by atoms with Crippen LogP contribution >= 0.6 is 0 Å². The second-order valence-corrected chi connectivity index (χ2v) is 8.77. The highest BCUT2D eigenvalue weighted by atomic mass is 32.2. The van der Waals surface area contributed by atoms with E-state index in [-0.39, 0.29) is 23.7 Å². The van der Waals surface area contributed by atoms with Gasteiger partial charge in [-0.1, -0.05) is 24.3 Å². The molecule has 0 spiro atoms. The molecule has 1 heterocycles. The molecule has 0 aliphatic heterocycles. The highest BCUT2D eigenvalue weighted by molar-refractivity contribution is 7.92. The van der Waals surface area contributed by atoms with Gasteiger partial charge in [0.15, 0.2) is 0 Å². The molecule has 2 aromatic carbocycles. The number of amides is 2. The number of rotatable bonds is 8. The average Bonchev–Trinajstić information content (AvgIpc) is 3.20. The summed E-state index contributed by atoms with van der Waals surface area (Å²) in [6.07, 6.45) is 4.60. The van der Waals surface area contributed by atoms with Crippen LogP contribution < -0.4 is 15.4 Å². The number of carbonyl (C=O) groups is 2. The molecule has 0 saturated heterocycles. The van der Waals surface area contributed by atoms with Crippen molar-refractivity contribution in [3.05, 3.63) is 77.6 Å². The van der Waals surface area contributed by atoms with Crippen LogP contribution in [0.15, 0.2) is 60.9 Å². The first-order valence-electron chi connectivity index (χ1n) is 9.42. The van der Waals surface area contributed by atoms with Gasteiger partial charge < -0.3 is 10.6 Å². The van der Waals surface area contributed by atoms with Crippen LogP contribution in [0.25, 0.3) is 0 Å². The molecule has 0 radical (unpaired) electrons. The van der Waals surface area contributed by atoms with Crippen molar-refractivity contribution in [2.75, 3.05) is 16.3 Å². The summed E-state index contributed by atoms with van der Waals surface area (Å²) in [5, 5.41) is 9.54. The quantitative estimate of drug-likeness (QED) is 0.495. The molecule has 31 heavy (non-hydrogen) atoms. The third kappa shape index (κ3) is 6.68. The lowest BCUT2D eigenvalue weighted by Crippen LogP contribution is -2.25. The van der Waals surface area contributed by atoms with Gasteiger partial charge in [-0.2, -0.15) is 5.10 Å². The summed E-state index contributed by atoms with van der Waals surface area (Å²) in [4.78, 5) is 24.1. The molecule has 0 atom stereocenters. The Bertz CT molecular complexity index is 1170. The first-order valence-corrected chi connectivity index (χ1v) is 11.3. The SMILES string of the molecule is CC(=O)Nc1ccc(NS(C)(=O)=O)c(C(=O)NCc2ccc(Cn3cccn3)cc2)c1. The highest BCUT2D eigenvalue weighted by Crippen LogP contribution is 2.22. The molecule has 9 nitrogen and oxygen atoms in total. The van der Waals surface area contributed by atoms with Gasteiger partial charge in [-0.15, -0.1) is 0 Å². The van der Waals surface area contributed by atoms with Crippen LogP contribution in [0.5, 0.6) is 0 Å². The molecule has 10 heteroatoms. The molecule has 3 rings (SSSR count). The molecule has 2 amide bonds. The largest absolute Gasteiger partial charge is 0.348 e. The second-order valence-electron chi connectivity index (χ2n) is 7.02. The summed E-state index contributed by atoms with van der Waals surface area (Å²) in [5.74, 6) is -0.774. The predicted molar refractivity (Wildman–Crippen MR) is 118 cm³/mol. The van der Waals surface area contributed by atoms with Crippen LogP contribution in [-0.4, -0.2) is 36.3 Å². The number of hydrogen-bond donors (Lipinski definition) is 3. The van der Waals surface area contributed by atoms with Crippen molar-refractivity contribution >= 4 is 33.2 Å². The minimum Gasteiger partial charge on any atom is -0.348 e. The van der Waals surface area contributed by atoms with E-state index < -0.39 is 15.9 Å². The second kappa shape index (κ2) is 9.43. The zero-order chi connectivity index (χ0) is 22.4. The minimum absolute atomic E-state index is 0.104. The van der Waals surface area contributed by atoms with Gasteiger partial charge in [0, 0.05) is 31.5 Å². The van der Waals surface area contributed by atoms with Crippen LogP contribution in [0.1, 0.15) is 28.4 Å². The van der Waals surface area contributed by atoms with Crippen molar-refractivity contribution in [2.24, 2.45) is 0 Å². The zero-order valence-electron chi connectivity index (χ0n) is 17.1. The molecule has 0 bridgehead atoms. The minimum atomic E-state index is -3.59. The standard InChI is InChI=1S/C21H23N5O4S/c1-15(27)24-18-8-9-20(25-31(2,29)30)19(12-18)21(28)22-13-16-4-6-17(7-5-16)14-26-11-3-10-23-26/h3-12,25H,13-14H2,1-2H3,(H,22,28)(H,24,27). The number of carbonyl (C=O) groups excluding carboxylic acids is 2. The van der Waals surface area contributed by atoms with Crippen LogP contribution in [0.2, 0.25) is 0 Å². The monoisotopic (exact) mass is 441 g/mol. The van der Waals surface area contributed by atoms with E-state index in [0.717, 1.165) is 17.4 Å². The molecular formula is C21H23N5O4S. The Balaban J connectivity index is 1.71. The van der Waals surface area contributed by atoms with Gasteiger partial charge in [-0.05, 0) is 35.4 Å². The lowest BCUT2D eigenvalue weighted by molar-refractivity contribution is -0.114. The first-order chi connectivity index (χ1) is 14.7. The van der Waals surface area contributed by atoms with Crippen molar-refractivity contribution < 1.29 is 18.0 Å². The van der Waals surface area contributed by atoms with E-state index in [1.165, 1.54) is 25.1 Å². The van der Waals surface area contributed by atoms with Gasteiger partial charge in [0.25, 0.3) is 5.91 Å². The zero-order valence-corrected chi connectivity index (χ0v) is 17.9. The number of nitrogens with zero attached hydrogens (tertiary/aromatic N) is 2. The van der Waals surface area contributed by atoms with Gasteiger partial charge in [0.2, 0.25) is 15.9 Å².